The summed E-state index contributed by atoms with van der Waals surface area (Å²) in [5.74, 6) is -0.328. The number of ether oxygens (including phenoxy) is 1. The molecule has 0 unspecified atom stereocenters. The average Bonchev–Trinajstić information content (AvgIpc) is 2.85. The van der Waals surface area contributed by atoms with E-state index in [0.29, 0.717) is 23.4 Å². The lowest BCUT2D eigenvalue weighted by Gasteiger charge is -2.28. The standard InChI is InChI=1S/C27H31N3O4S/c1-19-4-5-20(2)25(16-19)29-35(32,33)26-17-23(9-6-21(26)3)27(31)28-18-22-7-10-24(11-8-22)30-12-14-34-15-13-30/h4-11,16-17,29H,12-15,18H2,1-3H3,(H,28,31). The number of hydrogen-bond acceptors (Lipinski definition) is 5. The first-order valence-corrected chi connectivity index (χ1v) is 13.1. The predicted molar refractivity (Wildman–Crippen MR) is 139 cm³/mol. The highest BCUT2D eigenvalue weighted by atomic mass is 32.2. The van der Waals surface area contributed by atoms with Crippen LogP contribution >= 0.6 is 0 Å². The molecule has 35 heavy (non-hydrogen) atoms. The van der Waals surface area contributed by atoms with E-state index in [1.165, 1.54) is 6.07 Å². The second-order valence-corrected chi connectivity index (χ2v) is 10.5. The number of carbonyl (C=O) groups excluding carboxylic acids is 1. The van der Waals surface area contributed by atoms with Crippen LogP contribution in [-0.4, -0.2) is 40.6 Å². The molecular weight excluding hydrogens is 462 g/mol. The van der Waals surface area contributed by atoms with Gasteiger partial charge < -0.3 is 15.0 Å². The number of hydrogen-bond donors (Lipinski definition) is 2. The van der Waals surface area contributed by atoms with E-state index in [9.17, 15) is 13.2 Å². The Morgan fingerprint density at radius 3 is 2.31 bits per heavy atom. The first-order chi connectivity index (χ1) is 16.7. The van der Waals surface area contributed by atoms with Crippen molar-refractivity contribution in [1.82, 2.24) is 5.32 Å². The van der Waals surface area contributed by atoms with Crippen LogP contribution < -0.4 is 14.9 Å². The maximum atomic E-state index is 13.1. The molecule has 4 rings (SSSR count). The van der Waals surface area contributed by atoms with Crippen molar-refractivity contribution in [1.29, 1.82) is 0 Å². The zero-order chi connectivity index (χ0) is 25.0. The van der Waals surface area contributed by atoms with Gasteiger partial charge in [-0.15, -0.1) is 0 Å². The van der Waals surface area contributed by atoms with Gasteiger partial charge in [0.15, 0.2) is 0 Å². The van der Waals surface area contributed by atoms with Gasteiger partial charge in [-0.05, 0) is 73.4 Å². The van der Waals surface area contributed by atoms with Gasteiger partial charge in [-0.2, -0.15) is 0 Å². The fourth-order valence-electron chi connectivity index (χ4n) is 4.01. The number of rotatable bonds is 7. The van der Waals surface area contributed by atoms with Crippen molar-refractivity contribution < 1.29 is 17.9 Å². The Balaban J connectivity index is 1.45. The third kappa shape index (κ3) is 6.01. The molecule has 0 bridgehead atoms. The van der Waals surface area contributed by atoms with Crippen LogP contribution in [0.4, 0.5) is 11.4 Å². The van der Waals surface area contributed by atoms with Crippen molar-refractivity contribution >= 4 is 27.3 Å². The molecular formula is C27H31N3O4S. The maximum absolute atomic E-state index is 13.1. The van der Waals surface area contributed by atoms with Crippen molar-refractivity contribution in [3.05, 3.63) is 88.5 Å². The highest BCUT2D eigenvalue weighted by molar-refractivity contribution is 7.92. The minimum Gasteiger partial charge on any atom is -0.378 e. The number of amides is 1. The predicted octanol–water partition coefficient (Wildman–Crippen LogP) is 4.18. The van der Waals surface area contributed by atoms with Crippen molar-refractivity contribution in [3.63, 3.8) is 0 Å². The van der Waals surface area contributed by atoms with Crippen LogP contribution in [-0.2, 0) is 21.3 Å². The first kappa shape index (κ1) is 24.8. The molecule has 0 aromatic heterocycles. The van der Waals surface area contributed by atoms with Gasteiger partial charge in [0.2, 0.25) is 0 Å². The molecule has 0 saturated carbocycles. The van der Waals surface area contributed by atoms with E-state index in [2.05, 4.69) is 14.9 Å². The van der Waals surface area contributed by atoms with Crippen LogP contribution in [0, 0.1) is 20.8 Å². The molecule has 2 N–H and O–H groups in total. The number of nitrogens with zero attached hydrogens (tertiary/aromatic N) is 1. The van der Waals surface area contributed by atoms with Gasteiger partial charge in [-0.25, -0.2) is 8.42 Å². The highest BCUT2D eigenvalue weighted by Gasteiger charge is 2.20. The van der Waals surface area contributed by atoms with Crippen LogP contribution in [0.2, 0.25) is 0 Å². The summed E-state index contributed by atoms with van der Waals surface area (Å²) in [5.41, 5.74) is 5.27. The third-order valence-corrected chi connectivity index (χ3v) is 7.65. The summed E-state index contributed by atoms with van der Waals surface area (Å²) < 4.78 is 34.4. The Labute approximate surface area is 207 Å². The Kier molecular flexibility index (Phi) is 7.42. The number of anilines is 2. The fourth-order valence-corrected chi connectivity index (χ4v) is 5.40. The number of nitrogens with one attached hydrogen (secondary N) is 2. The van der Waals surface area contributed by atoms with Gasteiger partial charge in [0.05, 0.1) is 23.8 Å². The molecule has 0 atom stereocenters. The minimum atomic E-state index is -3.87. The normalized spacial score (nSPS) is 14.0. The van der Waals surface area contributed by atoms with E-state index >= 15 is 0 Å². The summed E-state index contributed by atoms with van der Waals surface area (Å²) in [6.45, 7) is 9.01. The van der Waals surface area contributed by atoms with Crippen LogP contribution in [0.3, 0.4) is 0 Å². The molecule has 1 aliphatic rings. The Hall–Kier alpha value is -3.36. The lowest BCUT2D eigenvalue weighted by molar-refractivity contribution is 0.0950. The van der Waals surface area contributed by atoms with Gasteiger partial charge in [0.25, 0.3) is 15.9 Å². The van der Waals surface area contributed by atoms with Gasteiger partial charge in [0.1, 0.15) is 0 Å². The molecule has 7 nitrogen and oxygen atoms in total. The van der Waals surface area contributed by atoms with E-state index in [1.54, 1.807) is 25.1 Å². The highest BCUT2D eigenvalue weighted by Crippen LogP contribution is 2.24. The number of aryl methyl sites for hydroxylation is 3. The maximum Gasteiger partial charge on any atom is 0.262 e. The number of benzene rings is 3. The first-order valence-electron chi connectivity index (χ1n) is 11.6. The van der Waals surface area contributed by atoms with Gasteiger partial charge in [-0.1, -0.05) is 30.3 Å². The van der Waals surface area contributed by atoms with Crippen LogP contribution in [0.1, 0.15) is 32.6 Å². The van der Waals surface area contributed by atoms with Gasteiger partial charge in [-0.3, -0.25) is 9.52 Å². The Bertz CT molecular complexity index is 1310. The lowest BCUT2D eigenvalue weighted by Crippen LogP contribution is -2.36. The number of sulfonamides is 1. The Morgan fingerprint density at radius 1 is 0.914 bits per heavy atom. The lowest BCUT2D eigenvalue weighted by atomic mass is 10.1. The average molecular weight is 494 g/mol. The molecule has 8 heteroatoms. The SMILES string of the molecule is Cc1ccc(C)c(NS(=O)(=O)c2cc(C(=O)NCc3ccc(N4CCOCC4)cc3)ccc2C)c1. The summed E-state index contributed by atoms with van der Waals surface area (Å²) in [6, 6.07) is 18.4. The summed E-state index contributed by atoms with van der Waals surface area (Å²) in [7, 11) is -3.87. The van der Waals surface area contributed by atoms with E-state index in [0.717, 1.165) is 48.7 Å². The molecule has 3 aromatic rings. The van der Waals surface area contributed by atoms with Crippen LogP contribution in [0.5, 0.6) is 0 Å². The topological polar surface area (TPSA) is 87.7 Å². The molecule has 1 aliphatic heterocycles. The Morgan fingerprint density at radius 2 is 1.60 bits per heavy atom. The van der Waals surface area contributed by atoms with Crippen molar-refractivity contribution in [2.45, 2.75) is 32.2 Å². The molecule has 184 valence electrons. The fraction of sp³-hybridized carbons (Fsp3) is 0.296. The van der Waals surface area contributed by atoms with E-state index in [4.69, 9.17) is 4.74 Å². The molecule has 1 amide bonds. The zero-order valence-corrected chi connectivity index (χ0v) is 21.1. The van der Waals surface area contributed by atoms with Crippen molar-refractivity contribution in [2.24, 2.45) is 0 Å². The van der Waals surface area contributed by atoms with E-state index < -0.39 is 10.0 Å². The molecule has 1 fully saturated rings. The molecule has 0 aliphatic carbocycles. The largest absolute Gasteiger partial charge is 0.378 e. The summed E-state index contributed by atoms with van der Waals surface area (Å²) >= 11 is 0. The van der Waals surface area contributed by atoms with Gasteiger partial charge in [0, 0.05) is 30.9 Å². The van der Waals surface area contributed by atoms with Crippen molar-refractivity contribution in [3.8, 4) is 0 Å². The number of morpholine rings is 1. The summed E-state index contributed by atoms with van der Waals surface area (Å²) in [6.07, 6.45) is 0. The second kappa shape index (κ2) is 10.5. The van der Waals surface area contributed by atoms with E-state index in [1.807, 2.05) is 50.2 Å². The number of carbonyl (C=O) groups is 1. The van der Waals surface area contributed by atoms with E-state index in [-0.39, 0.29) is 10.8 Å². The summed E-state index contributed by atoms with van der Waals surface area (Å²) in [5, 5.41) is 2.89. The zero-order valence-electron chi connectivity index (χ0n) is 20.3. The summed E-state index contributed by atoms with van der Waals surface area (Å²) in [4.78, 5) is 15.2. The van der Waals surface area contributed by atoms with Crippen molar-refractivity contribution in [2.75, 3.05) is 35.9 Å². The van der Waals surface area contributed by atoms with Crippen LogP contribution in [0.15, 0.2) is 65.6 Å². The molecule has 3 aromatic carbocycles. The third-order valence-electron chi connectivity index (χ3n) is 6.14. The molecule has 0 spiro atoms. The molecule has 1 heterocycles. The molecule has 1 saturated heterocycles. The monoisotopic (exact) mass is 493 g/mol. The smallest absolute Gasteiger partial charge is 0.262 e. The quantitative estimate of drug-likeness (QED) is 0.516. The second-order valence-electron chi connectivity index (χ2n) is 8.85. The molecule has 0 radical (unpaired) electrons. The minimum absolute atomic E-state index is 0.0842. The van der Waals surface area contributed by atoms with Crippen LogP contribution in [0.25, 0.3) is 0 Å². The van der Waals surface area contributed by atoms with Gasteiger partial charge >= 0.3 is 0 Å².